The number of carbonyl (C=O) groups excluding carboxylic acids is 1. The van der Waals surface area contributed by atoms with E-state index < -0.39 is 11.4 Å². The number of carbonyl (C=O) groups is 1. The van der Waals surface area contributed by atoms with Crippen molar-refractivity contribution in [3.8, 4) is 5.82 Å². The van der Waals surface area contributed by atoms with E-state index in [0.29, 0.717) is 37.9 Å². The van der Waals surface area contributed by atoms with Gasteiger partial charge in [0.15, 0.2) is 11.5 Å². The van der Waals surface area contributed by atoms with Gasteiger partial charge in [0.05, 0.1) is 11.4 Å². The first kappa shape index (κ1) is 19.7. The molecule has 4 heterocycles. The lowest BCUT2D eigenvalue weighted by Crippen LogP contribution is -2.49. The normalized spacial score (nSPS) is 14.3. The molecule has 3 aromatic rings. The zero-order chi connectivity index (χ0) is 21.4. The molecule has 4 rings (SSSR count). The molecule has 1 fully saturated rings. The number of aromatic nitrogens is 6. The van der Waals surface area contributed by atoms with Gasteiger partial charge in [-0.25, -0.2) is 9.67 Å². The molecule has 0 aliphatic carbocycles. The quantitative estimate of drug-likeness (QED) is 0.676. The van der Waals surface area contributed by atoms with E-state index in [1.54, 1.807) is 21.7 Å². The van der Waals surface area contributed by atoms with Crippen molar-refractivity contribution >= 4 is 11.9 Å². The maximum Gasteiger partial charge on any atom is 0.288 e. The molecule has 0 aromatic carbocycles. The van der Waals surface area contributed by atoms with Crippen molar-refractivity contribution < 1.29 is 9.18 Å². The maximum atomic E-state index is 13.5. The van der Waals surface area contributed by atoms with Gasteiger partial charge in [-0.3, -0.25) is 14.6 Å². The second-order valence-electron chi connectivity index (χ2n) is 7.18. The first-order valence-electron chi connectivity index (χ1n) is 9.51. The number of rotatable bonds is 3. The molecule has 1 saturated heterocycles. The number of hydrogen-bond donors (Lipinski definition) is 1. The average Bonchev–Trinajstić information content (AvgIpc) is 3.09. The van der Waals surface area contributed by atoms with E-state index in [4.69, 9.17) is 0 Å². The number of nitrogens with zero attached hydrogens (tertiary/aromatic N) is 7. The fourth-order valence-electron chi connectivity index (χ4n) is 3.40. The number of hydrogen-bond acceptors (Lipinski definition) is 7. The Balaban J connectivity index is 1.43. The summed E-state index contributed by atoms with van der Waals surface area (Å²) >= 11 is 0. The van der Waals surface area contributed by atoms with Crippen molar-refractivity contribution in [3.63, 3.8) is 0 Å². The molecule has 0 unspecified atom stereocenters. The Hall–Kier alpha value is -3.63. The van der Waals surface area contributed by atoms with Gasteiger partial charge >= 0.3 is 0 Å². The van der Waals surface area contributed by atoms with E-state index in [9.17, 15) is 14.0 Å². The summed E-state index contributed by atoms with van der Waals surface area (Å²) in [5.41, 5.74) is 1.30. The fraction of sp³-hybridized carbons (Fsp3) is 0.368. The van der Waals surface area contributed by atoms with E-state index in [0.717, 1.165) is 11.4 Å². The molecular weight excluding hydrogens is 391 g/mol. The largest absolute Gasteiger partial charge is 0.339 e. The number of amides is 1. The van der Waals surface area contributed by atoms with Gasteiger partial charge in [-0.2, -0.15) is 9.49 Å². The molecule has 1 amide bonds. The molecule has 0 radical (unpaired) electrons. The highest BCUT2D eigenvalue weighted by atomic mass is 19.1. The number of nitrogens with one attached hydrogen (secondary N) is 1. The van der Waals surface area contributed by atoms with Crippen molar-refractivity contribution in [3.05, 3.63) is 57.1 Å². The minimum absolute atomic E-state index is 0.0465. The molecule has 1 N–H and O–H groups in total. The smallest absolute Gasteiger partial charge is 0.288 e. The zero-order valence-electron chi connectivity index (χ0n) is 16.9. The number of halogens is 1. The molecular formula is C19H21FN8O2. The minimum Gasteiger partial charge on any atom is -0.339 e. The van der Waals surface area contributed by atoms with Crippen LogP contribution in [0.4, 0.5) is 10.3 Å². The van der Waals surface area contributed by atoms with Crippen LogP contribution in [0.25, 0.3) is 5.82 Å². The summed E-state index contributed by atoms with van der Waals surface area (Å²) in [7, 11) is 0. The zero-order valence-corrected chi connectivity index (χ0v) is 16.9. The summed E-state index contributed by atoms with van der Waals surface area (Å²) in [5, 5.41) is 12.6. The van der Waals surface area contributed by atoms with Crippen LogP contribution in [0.3, 0.4) is 0 Å². The van der Waals surface area contributed by atoms with Crippen LogP contribution in [-0.4, -0.2) is 66.9 Å². The highest BCUT2D eigenvalue weighted by molar-refractivity contribution is 5.92. The van der Waals surface area contributed by atoms with Crippen LogP contribution in [-0.2, 0) is 0 Å². The Morgan fingerprint density at radius 1 is 1.10 bits per heavy atom. The lowest BCUT2D eigenvalue weighted by molar-refractivity contribution is 0.0739. The van der Waals surface area contributed by atoms with Crippen molar-refractivity contribution in [2.75, 3.05) is 31.1 Å². The summed E-state index contributed by atoms with van der Waals surface area (Å²) in [4.78, 5) is 34.4. The van der Waals surface area contributed by atoms with Gasteiger partial charge < -0.3 is 9.80 Å². The second kappa shape index (κ2) is 7.65. The van der Waals surface area contributed by atoms with Gasteiger partial charge in [-0.15, -0.1) is 10.2 Å². The van der Waals surface area contributed by atoms with Crippen LogP contribution < -0.4 is 10.5 Å². The van der Waals surface area contributed by atoms with E-state index in [1.165, 1.54) is 6.92 Å². The van der Waals surface area contributed by atoms with Crippen LogP contribution >= 0.6 is 0 Å². The van der Waals surface area contributed by atoms with E-state index >= 15 is 0 Å². The van der Waals surface area contributed by atoms with Crippen LogP contribution in [0, 0.1) is 26.6 Å². The minimum atomic E-state index is -0.880. The topological polar surface area (TPSA) is 113 Å². The molecule has 1 aliphatic heterocycles. The number of aromatic amines is 1. The number of piperazine rings is 1. The predicted octanol–water partition coefficient (Wildman–Crippen LogP) is 0.772. The lowest BCUT2D eigenvalue weighted by atomic mass is 10.2. The first-order chi connectivity index (χ1) is 14.3. The molecule has 156 valence electrons. The second-order valence-corrected chi connectivity index (χ2v) is 7.18. The van der Waals surface area contributed by atoms with Crippen LogP contribution in [0.1, 0.15) is 27.6 Å². The van der Waals surface area contributed by atoms with Crippen LogP contribution in [0.2, 0.25) is 0 Å². The first-order valence-corrected chi connectivity index (χ1v) is 9.51. The lowest BCUT2D eigenvalue weighted by Gasteiger charge is -2.34. The van der Waals surface area contributed by atoms with Crippen molar-refractivity contribution in [2.45, 2.75) is 20.8 Å². The number of aryl methyl sites for hydroxylation is 3. The van der Waals surface area contributed by atoms with Gasteiger partial charge in [0.25, 0.3) is 11.5 Å². The Kier molecular flexibility index (Phi) is 5.02. The summed E-state index contributed by atoms with van der Waals surface area (Å²) in [5.74, 6) is -0.252. The number of anilines is 1. The van der Waals surface area contributed by atoms with Crippen LogP contribution in [0.15, 0.2) is 23.0 Å². The molecule has 0 spiro atoms. The third kappa shape index (κ3) is 3.65. The molecule has 3 aromatic heterocycles. The van der Waals surface area contributed by atoms with E-state index in [1.807, 2.05) is 24.8 Å². The summed E-state index contributed by atoms with van der Waals surface area (Å²) in [6, 6.07) is 5.28. The van der Waals surface area contributed by atoms with E-state index in [2.05, 4.69) is 25.3 Å². The fourth-order valence-corrected chi connectivity index (χ4v) is 3.40. The van der Waals surface area contributed by atoms with Crippen LogP contribution in [0.5, 0.6) is 0 Å². The van der Waals surface area contributed by atoms with Crippen molar-refractivity contribution in [1.82, 2.24) is 34.8 Å². The molecule has 0 atom stereocenters. The maximum absolute atomic E-state index is 13.5. The third-order valence-electron chi connectivity index (χ3n) is 4.98. The summed E-state index contributed by atoms with van der Waals surface area (Å²) in [6.07, 6.45) is 0. The predicted molar refractivity (Wildman–Crippen MR) is 106 cm³/mol. The Morgan fingerprint density at radius 3 is 2.40 bits per heavy atom. The molecule has 0 bridgehead atoms. The van der Waals surface area contributed by atoms with Gasteiger partial charge in [-0.1, -0.05) is 0 Å². The highest BCUT2D eigenvalue weighted by Crippen LogP contribution is 2.14. The monoisotopic (exact) mass is 412 g/mol. The molecule has 11 heteroatoms. The number of H-pyrrole nitrogens is 1. The summed E-state index contributed by atoms with van der Waals surface area (Å²) in [6.45, 7) is 7.01. The SMILES string of the molecule is Cc1cc(C)n(-c2ccc(C(=O)N3CCN(c4nc(C)c(F)c(=O)[nH]4)CC3)nn2)n1. The molecule has 0 saturated carbocycles. The molecule has 30 heavy (non-hydrogen) atoms. The Morgan fingerprint density at radius 2 is 1.83 bits per heavy atom. The Bertz CT molecular complexity index is 1150. The van der Waals surface area contributed by atoms with Gasteiger partial charge in [0, 0.05) is 31.9 Å². The molecule has 1 aliphatic rings. The van der Waals surface area contributed by atoms with Gasteiger partial charge in [0.2, 0.25) is 11.8 Å². The van der Waals surface area contributed by atoms with Gasteiger partial charge in [-0.05, 0) is 39.0 Å². The van der Waals surface area contributed by atoms with E-state index in [-0.39, 0.29) is 17.3 Å². The molecule has 10 nitrogen and oxygen atoms in total. The van der Waals surface area contributed by atoms with Crippen molar-refractivity contribution in [2.24, 2.45) is 0 Å². The third-order valence-corrected chi connectivity index (χ3v) is 4.98. The average molecular weight is 412 g/mol. The van der Waals surface area contributed by atoms with Gasteiger partial charge in [0.1, 0.15) is 0 Å². The standard InChI is InChI=1S/C19H21FN8O2/c1-11-10-12(2)28(25-11)15-5-4-14(23-24-15)18(30)26-6-8-27(9-7-26)19-21-13(3)16(20)17(29)22-19/h4-5,10H,6-9H2,1-3H3,(H,21,22,29). The Labute approximate surface area is 171 Å². The summed E-state index contributed by atoms with van der Waals surface area (Å²) < 4.78 is 15.2. The highest BCUT2D eigenvalue weighted by Gasteiger charge is 2.25. The van der Waals surface area contributed by atoms with Crippen molar-refractivity contribution in [1.29, 1.82) is 0 Å².